The highest BCUT2D eigenvalue weighted by atomic mass is 127. The van der Waals surface area contributed by atoms with Crippen molar-refractivity contribution in [2.45, 2.75) is 20.0 Å². The van der Waals surface area contributed by atoms with E-state index in [1.54, 1.807) is 14.0 Å². The van der Waals surface area contributed by atoms with Gasteiger partial charge >= 0.3 is 0 Å². The molecule has 2 N–H and O–H groups in total. The molecule has 0 spiro atoms. The Labute approximate surface area is 155 Å². The molecule has 2 rings (SSSR count). The van der Waals surface area contributed by atoms with Crippen LogP contribution in [0.1, 0.15) is 17.4 Å². The lowest BCUT2D eigenvalue weighted by molar-refractivity contribution is 0.371. The minimum absolute atomic E-state index is 0. The Bertz CT molecular complexity index is 654. The number of aromatic nitrogens is 3. The first-order valence-electron chi connectivity index (χ1n) is 6.24. The summed E-state index contributed by atoms with van der Waals surface area (Å²) >= 11 is 12.0. The molecule has 10 heteroatoms. The van der Waals surface area contributed by atoms with E-state index in [0.29, 0.717) is 40.9 Å². The predicted molar refractivity (Wildman–Crippen MR) is 96.9 cm³/mol. The van der Waals surface area contributed by atoms with Gasteiger partial charge in [0, 0.05) is 19.8 Å². The third-order valence-electron chi connectivity index (χ3n) is 2.85. The van der Waals surface area contributed by atoms with Crippen LogP contribution in [0, 0.1) is 6.92 Å². The number of nitrogens with one attached hydrogen (secondary N) is 2. The Kier molecular flexibility index (Phi) is 7.43. The molecule has 2 heterocycles. The van der Waals surface area contributed by atoms with E-state index < -0.39 is 0 Å². The molecule has 7 nitrogen and oxygen atoms in total. The average Bonchev–Trinajstić information content (AvgIpc) is 2.98. The zero-order valence-electron chi connectivity index (χ0n) is 12.4. The highest BCUT2D eigenvalue weighted by Gasteiger charge is 2.09. The molecule has 0 aliphatic rings. The maximum Gasteiger partial charge on any atom is 0.246 e. The lowest BCUT2D eigenvalue weighted by Crippen LogP contribution is -2.36. The molecule has 0 saturated heterocycles. The lowest BCUT2D eigenvalue weighted by atomic mass is 10.4. The van der Waals surface area contributed by atoms with Gasteiger partial charge in [-0.1, -0.05) is 28.4 Å². The second-order valence-corrected chi connectivity index (χ2v) is 5.11. The molecular weight excluding hydrogens is 442 g/mol. The van der Waals surface area contributed by atoms with Crippen LogP contribution in [0.15, 0.2) is 15.6 Å². The Morgan fingerprint density at radius 2 is 2.05 bits per heavy atom. The van der Waals surface area contributed by atoms with Crippen LogP contribution in [-0.2, 0) is 20.1 Å². The Morgan fingerprint density at radius 1 is 1.36 bits per heavy atom. The van der Waals surface area contributed by atoms with E-state index >= 15 is 0 Å². The number of aliphatic imine (C=N–C) groups is 1. The maximum absolute atomic E-state index is 6.02. The van der Waals surface area contributed by atoms with Gasteiger partial charge in [-0.3, -0.25) is 4.99 Å². The summed E-state index contributed by atoms with van der Waals surface area (Å²) in [6.07, 6.45) is 0. The standard InChI is InChI=1S/C12H16Cl2N6O.HI/c1-7-18-10(21-19-7)6-17-12(15-2)16-5-8-4-9(13)11(14)20(8)3;/h4H,5-6H2,1-3H3,(H2,15,16,17);1H. The maximum atomic E-state index is 6.02. The summed E-state index contributed by atoms with van der Waals surface area (Å²) in [5, 5.41) is 11.0. The summed E-state index contributed by atoms with van der Waals surface area (Å²) in [7, 11) is 3.53. The number of halogens is 3. The highest BCUT2D eigenvalue weighted by molar-refractivity contribution is 14.0. The van der Waals surface area contributed by atoms with Gasteiger partial charge in [0.2, 0.25) is 5.89 Å². The molecule has 0 aliphatic carbocycles. The quantitative estimate of drug-likeness (QED) is 0.418. The number of nitrogens with zero attached hydrogens (tertiary/aromatic N) is 4. The fourth-order valence-corrected chi connectivity index (χ4v) is 2.14. The minimum Gasteiger partial charge on any atom is -0.351 e. The van der Waals surface area contributed by atoms with Gasteiger partial charge in [0.25, 0.3) is 0 Å². The molecule has 0 fully saturated rings. The number of aryl methyl sites for hydroxylation is 1. The second kappa shape index (κ2) is 8.59. The van der Waals surface area contributed by atoms with Crippen molar-refractivity contribution >= 4 is 53.1 Å². The van der Waals surface area contributed by atoms with Crippen LogP contribution >= 0.6 is 47.2 Å². The summed E-state index contributed by atoms with van der Waals surface area (Å²) in [6.45, 7) is 2.70. The van der Waals surface area contributed by atoms with Gasteiger partial charge in [-0.05, 0) is 13.0 Å². The van der Waals surface area contributed by atoms with Crippen LogP contribution in [0.5, 0.6) is 0 Å². The van der Waals surface area contributed by atoms with Gasteiger partial charge in [-0.2, -0.15) is 4.98 Å². The molecule has 0 bridgehead atoms. The van der Waals surface area contributed by atoms with E-state index in [2.05, 4.69) is 25.8 Å². The van der Waals surface area contributed by atoms with Crippen molar-refractivity contribution in [3.8, 4) is 0 Å². The monoisotopic (exact) mass is 458 g/mol. The molecule has 2 aromatic heterocycles. The van der Waals surface area contributed by atoms with Gasteiger partial charge in [-0.25, -0.2) is 0 Å². The predicted octanol–water partition coefficient (Wildman–Crippen LogP) is 2.51. The van der Waals surface area contributed by atoms with Gasteiger partial charge in [0.1, 0.15) is 5.15 Å². The lowest BCUT2D eigenvalue weighted by Gasteiger charge is -2.11. The first kappa shape index (κ1) is 19.0. The summed E-state index contributed by atoms with van der Waals surface area (Å²) in [5.41, 5.74) is 0.946. The molecule has 122 valence electrons. The largest absolute Gasteiger partial charge is 0.351 e. The molecule has 0 radical (unpaired) electrons. The van der Waals surface area contributed by atoms with E-state index in [1.165, 1.54) is 0 Å². The summed E-state index contributed by atoms with van der Waals surface area (Å²) in [5.74, 6) is 1.71. The van der Waals surface area contributed by atoms with Crippen LogP contribution in [0.4, 0.5) is 0 Å². The van der Waals surface area contributed by atoms with Gasteiger partial charge in [0.05, 0.1) is 18.1 Å². The third-order valence-corrected chi connectivity index (χ3v) is 3.69. The fourth-order valence-electron chi connectivity index (χ4n) is 1.72. The Morgan fingerprint density at radius 3 is 2.55 bits per heavy atom. The van der Waals surface area contributed by atoms with Gasteiger partial charge < -0.3 is 19.7 Å². The first-order chi connectivity index (χ1) is 10.0. The second-order valence-electron chi connectivity index (χ2n) is 4.35. The van der Waals surface area contributed by atoms with Crippen LogP contribution < -0.4 is 10.6 Å². The molecule has 0 amide bonds. The SMILES string of the molecule is CN=C(NCc1nc(C)no1)NCc1cc(Cl)c(Cl)n1C.I. The van der Waals surface area contributed by atoms with Crippen molar-refractivity contribution in [2.24, 2.45) is 12.0 Å². The molecule has 0 aliphatic heterocycles. The average molecular weight is 459 g/mol. The van der Waals surface area contributed by atoms with Crippen LogP contribution in [0.3, 0.4) is 0 Å². The van der Waals surface area contributed by atoms with E-state index in [9.17, 15) is 0 Å². The molecule has 2 aromatic rings. The molecule has 0 atom stereocenters. The van der Waals surface area contributed by atoms with Crippen molar-refractivity contribution in [3.63, 3.8) is 0 Å². The fraction of sp³-hybridized carbons (Fsp3) is 0.417. The highest BCUT2D eigenvalue weighted by Crippen LogP contribution is 2.24. The van der Waals surface area contributed by atoms with E-state index in [0.717, 1.165) is 5.69 Å². The molecule has 0 saturated carbocycles. The van der Waals surface area contributed by atoms with E-state index in [-0.39, 0.29) is 24.0 Å². The summed E-state index contributed by atoms with van der Waals surface area (Å²) in [6, 6.07) is 1.81. The number of hydrogen-bond acceptors (Lipinski definition) is 4. The molecular formula is C12H17Cl2IN6O. The van der Waals surface area contributed by atoms with Crippen LogP contribution in [0.2, 0.25) is 10.2 Å². The summed E-state index contributed by atoms with van der Waals surface area (Å²) in [4.78, 5) is 8.22. The number of hydrogen-bond donors (Lipinski definition) is 2. The number of guanidine groups is 1. The smallest absolute Gasteiger partial charge is 0.246 e. The van der Waals surface area contributed by atoms with Gasteiger partial charge in [-0.15, -0.1) is 24.0 Å². The van der Waals surface area contributed by atoms with Crippen LogP contribution in [0.25, 0.3) is 0 Å². The van der Waals surface area contributed by atoms with Crippen molar-refractivity contribution in [2.75, 3.05) is 7.05 Å². The van der Waals surface area contributed by atoms with Crippen molar-refractivity contribution in [3.05, 3.63) is 33.7 Å². The molecule has 22 heavy (non-hydrogen) atoms. The summed E-state index contributed by atoms with van der Waals surface area (Å²) < 4.78 is 6.83. The zero-order valence-corrected chi connectivity index (χ0v) is 16.2. The van der Waals surface area contributed by atoms with E-state index in [1.807, 2.05) is 17.7 Å². The Hall–Kier alpha value is -1.000. The van der Waals surface area contributed by atoms with Gasteiger partial charge in [0.15, 0.2) is 11.8 Å². The third kappa shape index (κ3) is 4.75. The van der Waals surface area contributed by atoms with Crippen LogP contribution in [-0.4, -0.2) is 27.7 Å². The molecule has 0 unspecified atom stereocenters. The first-order valence-corrected chi connectivity index (χ1v) is 7.00. The van der Waals surface area contributed by atoms with Crippen molar-refractivity contribution < 1.29 is 4.52 Å². The zero-order chi connectivity index (χ0) is 15.4. The van der Waals surface area contributed by atoms with Crippen molar-refractivity contribution in [1.29, 1.82) is 0 Å². The number of rotatable bonds is 4. The Balaban J connectivity index is 0.00000242. The minimum atomic E-state index is 0. The van der Waals surface area contributed by atoms with Crippen molar-refractivity contribution in [1.82, 2.24) is 25.3 Å². The van der Waals surface area contributed by atoms with E-state index in [4.69, 9.17) is 27.7 Å². The molecule has 0 aromatic carbocycles. The topological polar surface area (TPSA) is 80.3 Å². The normalized spacial score (nSPS) is 11.2.